The van der Waals surface area contributed by atoms with Gasteiger partial charge in [0.15, 0.2) is 11.1 Å². The predicted molar refractivity (Wildman–Crippen MR) is 47.5 cm³/mol. The van der Waals surface area contributed by atoms with Crippen LogP contribution < -0.4 is 0 Å². The van der Waals surface area contributed by atoms with Gasteiger partial charge in [-0.2, -0.15) is 0 Å². The standard InChI is InChI=1S/C7H14O5S/c1-2-7(8)12-5-3-4-11-6-13(9)10/h2-6H2,1H3,(H,9,10). The first-order valence-electron chi connectivity index (χ1n) is 3.97. The van der Waals surface area contributed by atoms with Crippen LogP contribution in [-0.2, 0) is 25.3 Å². The molecule has 1 atom stereocenters. The highest BCUT2D eigenvalue weighted by Gasteiger charge is 1.97. The van der Waals surface area contributed by atoms with Crippen LogP contribution in [-0.4, -0.2) is 33.9 Å². The zero-order valence-corrected chi connectivity index (χ0v) is 8.34. The van der Waals surface area contributed by atoms with Gasteiger partial charge in [-0.25, -0.2) is 4.21 Å². The summed E-state index contributed by atoms with van der Waals surface area (Å²) in [4.78, 5) is 10.6. The van der Waals surface area contributed by atoms with Gasteiger partial charge in [0.05, 0.1) is 13.2 Å². The molecule has 0 saturated carbocycles. The summed E-state index contributed by atoms with van der Waals surface area (Å²) in [5.74, 6) is -0.437. The molecule has 0 fully saturated rings. The first-order valence-corrected chi connectivity index (χ1v) is 5.25. The fourth-order valence-electron chi connectivity index (χ4n) is 0.579. The Labute approximate surface area is 79.7 Å². The number of rotatable bonds is 7. The molecule has 0 rings (SSSR count). The summed E-state index contributed by atoms with van der Waals surface area (Å²) >= 11 is -1.91. The molecule has 0 aliphatic carbocycles. The molecule has 0 aromatic carbocycles. The van der Waals surface area contributed by atoms with Crippen molar-refractivity contribution in [1.82, 2.24) is 0 Å². The van der Waals surface area contributed by atoms with Gasteiger partial charge in [-0.15, -0.1) is 0 Å². The summed E-state index contributed by atoms with van der Waals surface area (Å²) in [7, 11) is 0. The van der Waals surface area contributed by atoms with Crippen LogP contribution in [0.25, 0.3) is 0 Å². The molecule has 0 aliphatic rings. The van der Waals surface area contributed by atoms with Gasteiger partial charge in [0.1, 0.15) is 5.94 Å². The normalized spacial score (nSPS) is 12.5. The molecule has 0 heterocycles. The maximum absolute atomic E-state index is 10.6. The topological polar surface area (TPSA) is 72.8 Å². The highest BCUT2D eigenvalue weighted by molar-refractivity contribution is 7.79. The first kappa shape index (κ1) is 12.5. The van der Waals surface area contributed by atoms with E-state index in [4.69, 9.17) is 14.0 Å². The van der Waals surface area contributed by atoms with E-state index in [1.165, 1.54) is 0 Å². The molecule has 0 aromatic rings. The molecule has 0 amide bonds. The van der Waals surface area contributed by atoms with Crippen molar-refractivity contribution in [3.05, 3.63) is 0 Å². The molecule has 0 saturated heterocycles. The Morgan fingerprint density at radius 2 is 2.15 bits per heavy atom. The van der Waals surface area contributed by atoms with E-state index in [-0.39, 0.29) is 11.9 Å². The number of hydrogen-bond acceptors (Lipinski definition) is 4. The minimum atomic E-state index is -1.91. The maximum Gasteiger partial charge on any atom is 0.305 e. The molecular formula is C7H14O5S. The lowest BCUT2D eigenvalue weighted by Crippen LogP contribution is -2.08. The number of carbonyl (C=O) groups excluding carboxylic acids is 1. The summed E-state index contributed by atoms with van der Waals surface area (Å²) in [5.41, 5.74) is 0. The van der Waals surface area contributed by atoms with Gasteiger partial charge in [0.2, 0.25) is 0 Å². The quantitative estimate of drug-likeness (QED) is 0.377. The Morgan fingerprint density at radius 3 is 2.69 bits per heavy atom. The third kappa shape index (κ3) is 9.45. The average molecular weight is 210 g/mol. The summed E-state index contributed by atoms with van der Waals surface area (Å²) in [6, 6.07) is 0. The van der Waals surface area contributed by atoms with E-state index in [0.717, 1.165) is 0 Å². The van der Waals surface area contributed by atoms with E-state index in [0.29, 0.717) is 26.1 Å². The molecule has 13 heavy (non-hydrogen) atoms. The molecule has 0 bridgehead atoms. The summed E-state index contributed by atoms with van der Waals surface area (Å²) < 4.78 is 27.9. The van der Waals surface area contributed by atoms with Crippen LogP contribution >= 0.6 is 0 Å². The second-order valence-corrected chi connectivity index (χ2v) is 3.15. The molecule has 0 radical (unpaired) electrons. The Morgan fingerprint density at radius 1 is 1.46 bits per heavy atom. The second-order valence-electron chi connectivity index (χ2n) is 2.28. The zero-order chi connectivity index (χ0) is 10.1. The van der Waals surface area contributed by atoms with Gasteiger partial charge in [-0.1, -0.05) is 6.92 Å². The lowest BCUT2D eigenvalue weighted by molar-refractivity contribution is -0.143. The first-order chi connectivity index (χ1) is 6.16. The van der Waals surface area contributed by atoms with Crippen LogP contribution in [0.4, 0.5) is 0 Å². The van der Waals surface area contributed by atoms with Crippen molar-refractivity contribution in [3.8, 4) is 0 Å². The summed E-state index contributed by atoms with van der Waals surface area (Å²) in [5, 5.41) is 0. The van der Waals surface area contributed by atoms with Crippen molar-refractivity contribution in [2.45, 2.75) is 19.8 Å². The van der Waals surface area contributed by atoms with Gasteiger partial charge in [-0.05, 0) is 0 Å². The van der Waals surface area contributed by atoms with E-state index in [9.17, 15) is 9.00 Å². The van der Waals surface area contributed by atoms with Crippen LogP contribution in [0.15, 0.2) is 0 Å². The predicted octanol–water partition coefficient (Wildman–Crippen LogP) is 0.526. The molecule has 0 aromatic heterocycles. The van der Waals surface area contributed by atoms with Crippen LogP contribution in [0, 0.1) is 0 Å². The Bertz CT molecular complexity index is 170. The third-order valence-electron chi connectivity index (χ3n) is 1.17. The monoisotopic (exact) mass is 210 g/mol. The molecule has 5 nitrogen and oxygen atoms in total. The van der Waals surface area contributed by atoms with E-state index in [2.05, 4.69) is 0 Å². The number of carbonyl (C=O) groups is 1. The van der Waals surface area contributed by atoms with Gasteiger partial charge >= 0.3 is 5.97 Å². The molecule has 1 unspecified atom stereocenters. The smallest absolute Gasteiger partial charge is 0.305 e. The molecule has 0 aliphatic heterocycles. The van der Waals surface area contributed by atoms with E-state index < -0.39 is 11.1 Å². The van der Waals surface area contributed by atoms with Crippen molar-refractivity contribution in [3.63, 3.8) is 0 Å². The summed E-state index contributed by atoms with van der Waals surface area (Å²) in [6.45, 7) is 2.34. The van der Waals surface area contributed by atoms with Gasteiger partial charge in [0, 0.05) is 12.8 Å². The number of hydrogen-bond donors (Lipinski definition) is 1. The van der Waals surface area contributed by atoms with Crippen LogP contribution in [0.2, 0.25) is 0 Å². The fraction of sp³-hybridized carbons (Fsp3) is 0.857. The highest BCUT2D eigenvalue weighted by atomic mass is 32.2. The lowest BCUT2D eigenvalue weighted by atomic mass is 10.5. The SMILES string of the molecule is CCC(=O)OCCCOCS(=O)O. The van der Waals surface area contributed by atoms with Crippen molar-refractivity contribution in [2.24, 2.45) is 0 Å². The molecule has 78 valence electrons. The minimum Gasteiger partial charge on any atom is -0.466 e. The largest absolute Gasteiger partial charge is 0.466 e. The summed E-state index contributed by atoms with van der Waals surface area (Å²) in [6.07, 6.45) is 0.907. The minimum absolute atomic E-state index is 0.193. The molecule has 1 N–H and O–H groups in total. The van der Waals surface area contributed by atoms with E-state index >= 15 is 0 Å². The van der Waals surface area contributed by atoms with Gasteiger partial charge < -0.3 is 14.0 Å². The third-order valence-corrected chi connectivity index (χ3v) is 1.54. The van der Waals surface area contributed by atoms with Gasteiger partial charge in [-0.3, -0.25) is 4.79 Å². The van der Waals surface area contributed by atoms with Crippen molar-refractivity contribution in [2.75, 3.05) is 19.2 Å². The van der Waals surface area contributed by atoms with E-state index in [1.807, 2.05) is 0 Å². The molecule has 6 heteroatoms. The second kappa shape index (κ2) is 8.15. The number of esters is 1. The fourth-order valence-corrected chi connectivity index (χ4v) is 0.840. The molecule has 0 spiro atoms. The lowest BCUT2D eigenvalue weighted by Gasteiger charge is -2.02. The Kier molecular flexibility index (Phi) is 7.86. The number of ether oxygens (including phenoxy) is 2. The van der Waals surface area contributed by atoms with Crippen LogP contribution in [0.1, 0.15) is 19.8 Å². The van der Waals surface area contributed by atoms with Crippen LogP contribution in [0.5, 0.6) is 0 Å². The van der Waals surface area contributed by atoms with E-state index in [1.54, 1.807) is 6.92 Å². The Hall–Kier alpha value is -0.460. The van der Waals surface area contributed by atoms with Crippen molar-refractivity contribution < 1.29 is 23.0 Å². The van der Waals surface area contributed by atoms with Crippen molar-refractivity contribution in [1.29, 1.82) is 0 Å². The highest BCUT2D eigenvalue weighted by Crippen LogP contribution is 1.89. The Balaban J connectivity index is 3.08. The zero-order valence-electron chi connectivity index (χ0n) is 7.52. The van der Waals surface area contributed by atoms with Crippen molar-refractivity contribution >= 4 is 17.0 Å². The maximum atomic E-state index is 10.6. The molecular weight excluding hydrogens is 196 g/mol. The van der Waals surface area contributed by atoms with Gasteiger partial charge in [0.25, 0.3) is 0 Å². The average Bonchev–Trinajstić information content (AvgIpc) is 2.10. The van der Waals surface area contributed by atoms with Crippen LogP contribution in [0.3, 0.4) is 0 Å².